The molecule has 3 atom stereocenters. The lowest BCUT2D eigenvalue weighted by molar-refractivity contribution is -0.142. The SMILES string of the molecule is CSc1ccc(OC(C)C(=O)N2CCC(C)CC2CN)cc1.Cl. The first-order valence-corrected chi connectivity index (χ1v) is 9.09. The Labute approximate surface area is 149 Å². The van der Waals surface area contributed by atoms with Crippen molar-refractivity contribution in [1.29, 1.82) is 0 Å². The molecular formula is C17H27ClN2O2S. The van der Waals surface area contributed by atoms with E-state index >= 15 is 0 Å². The molecule has 130 valence electrons. The van der Waals surface area contributed by atoms with Gasteiger partial charge in [0.2, 0.25) is 0 Å². The van der Waals surface area contributed by atoms with E-state index in [0.29, 0.717) is 12.5 Å². The summed E-state index contributed by atoms with van der Waals surface area (Å²) in [6.07, 6.45) is 3.57. The maximum Gasteiger partial charge on any atom is 0.263 e. The van der Waals surface area contributed by atoms with E-state index in [9.17, 15) is 4.79 Å². The number of hydrogen-bond donors (Lipinski definition) is 1. The summed E-state index contributed by atoms with van der Waals surface area (Å²) in [6, 6.07) is 7.97. The molecule has 1 saturated heterocycles. The lowest BCUT2D eigenvalue weighted by Crippen LogP contribution is -2.52. The van der Waals surface area contributed by atoms with Gasteiger partial charge in [-0.3, -0.25) is 4.79 Å². The number of rotatable bonds is 5. The van der Waals surface area contributed by atoms with Crippen LogP contribution in [0, 0.1) is 5.92 Å². The first-order chi connectivity index (χ1) is 10.5. The van der Waals surface area contributed by atoms with Crippen molar-refractivity contribution in [2.75, 3.05) is 19.3 Å². The van der Waals surface area contributed by atoms with Crippen LogP contribution >= 0.6 is 24.2 Å². The normalized spacial score (nSPS) is 22.2. The molecule has 1 fully saturated rings. The number of amides is 1. The van der Waals surface area contributed by atoms with Gasteiger partial charge in [-0.15, -0.1) is 24.2 Å². The second-order valence-corrected chi connectivity index (χ2v) is 6.87. The van der Waals surface area contributed by atoms with Gasteiger partial charge in [0, 0.05) is 24.0 Å². The molecule has 1 heterocycles. The molecule has 4 nitrogen and oxygen atoms in total. The van der Waals surface area contributed by atoms with Crippen LogP contribution < -0.4 is 10.5 Å². The summed E-state index contributed by atoms with van der Waals surface area (Å²) in [4.78, 5) is 15.7. The molecule has 0 spiro atoms. The number of benzene rings is 1. The highest BCUT2D eigenvalue weighted by Gasteiger charge is 2.32. The molecule has 0 aliphatic carbocycles. The predicted molar refractivity (Wildman–Crippen MR) is 98.5 cm³/mol. The summed E-state index contributed by atoms with van der Waals surface area (Å²) in [6.45, 7) is 5.33. The fraction of sp³-hybridized carbons (Fsp3) is 0.588. The van der Waals surface area contributed by atoms with Crippen molar-refractivity contribution in [1.82, 2.24) is 4.90 Å². The zero-order chi connectivity index (χ0) is 16.1. The van der Waals surface area contributed by atoms with Crippen molar-refractivity contribution < 1.29 is 9.53 Å². The molecule has 2 rings (SSSR count). The van der Waals surface area contributed by atoms with Gasteiger partial charge >= 0.3 is 0 Å². The van der Waals surface area contributed by atoms with Crippen LogP contribution in [0.1, 0.15) is 26.7 Å². The van der Waals surface area contributed by atoms with Crippen LogP contribution in [0.15, 0.2) is 29.2 Å². The zero-order valence-electron chi connectivity index (χ0n) is 14.0. The van der Waals surface area contributed by atoms with Gasteiger partial charge < -0.3 is 15.4 Å². The van der Waals surface area contributed by atoms with E-state index in [1.165, 1.54) is 4.90 Å². The fourth-order valence-corrected chi connectivity index (χ4v) is 3.32. The number of nitrogens with zero attached hydrogens (tertiary/aromatic N) is 1. The number of ether oxygens (including phenoxy) is 1. The number of likely N-dealkylation sites (tertiary alicyclic amines) is 1. The second-order valence-electron chi connectivity index (χ2n) is 5.99. The Balaban J connectivity index is 0.00000264. The molecule has 1 aromatic carbocycles. The van der Waals surface area contributed by atoms with Gasteiger partial charge in [0.25, 0.3) is 5.91 Å². The van der Waals surface area contributed by atoms with Crippen molar-refractivity contribution in [3.05, 3.63) is 24.3 Å². The van der Waals surface area contributed by atoms with Gasteiger partial charge in [0.1, 0.15) is 5.75 Å². The van der Waals surface area contributed by atoms with E-state index in [2.05, 4.69) is 6.92 Å². The Morgan fingerprint density at radius 2 is 2.09 bits per heavy atom. The zero-order valence-corrected chi connectivity index (χ0v) is 15.7. The van der Waals surface area contributed by atoms with E-state index in [0.717, 1.165) is 25.1 Å². The molecular weight excluding hydrogens is 332 g/mol. The van der Waals surface area contributed by atoms with Gasteiger partial charge in [0.05, 0.1) is 0 Å². The Kier molecular flexibility index (Phi) is 8.23. The highest BCUT2D eigenvalue weighted by atomic mass is 35.5. The molecule has 3 unspecified atom stereocenters. The highest BCUT2D eigenvalue weighted by Crippen LogP contribution is 2.24. The molecule has 1 aromatic rings. The van der Waals surface area contributed by atoms with E-state index in [-0.39, 0.29) is 24.4 Å². The molecule has 0 aromatic heterocycles. The Morgan fingerprint density at radius 1 is 1.43 bits per heavy atom. The smallest absolute Gasteiger partial charge is 0.263 e. The van der Waals surface area contributed by atoms with Crippen molar-refractivity contribution in [3.63, 3.8) is 0 Å². The largest absolute Gasteiger partial charge is 0.481 e. The first kappa shape index (κ1) is 20.1. The fourth-order valence-electron chi connectivity index (χ4n) is 2.91. The third-order valence-electron chi connectivity index (χ3n) is 4.25. The van der Waals surface area contributed by atoms with E-state index in [1.54, 1.807) is 11.8 Å². The number of halogens is 1. The number of piperidine rings is 1. The van der Waals surface area contributed by atoms with E-state index in [1.807, 2.05) is 42.3 Å². The van der Waals surface area contributed by atoms with Crippen LogP contribution in [0.3, 0.4) is 0 Å². The number of carbonyl (C=O) groups is 1. The highest BCUT2D eigenvalue weighted by molar-refractivity contribution is 7.98. The predicted octanol–water partition coefficient (Wildman–Crippen LogP) is 3.18. The molecule has 1 amide bonds. The standard InChI is InChI=1S/C17H26N2O2S.ClH/c1-12-8-9-19(14(10-12)11-18)17(20)13(2)21-15-4-6-16(22-3)7-5-15;/h4-7,12-14H,8-11,18H2,1-3H3;1H. The molecule has 0 saturated carbocycles. The molecule has 6 heteroatoms. The van der Waals surface area contributed by atoms with E-state index in [4.69, 9.17) is 10.5 Å². The quantitative estimate of drug-likeness (QED) is 0.821. The third kappa shape index (κ3) is 5.30. The maximum atomic E-state index is 12.6. The first-order valence-electron chi connectivity index (χ1n) is 7.86. The van der Waals surface area contributed by atoms with Gasteiger partial charge in [-0.1, -0.05) is 6.92 Å². The minimum absolute atomic E-state index is 0. The van der Waals surface area contributed by atoms with Crippen LogP contribution in [-0.2, 0) is 4.79 Å². The molecule has 2 N–H and O–H groups in total. The summed E-state index contributed by atoms with van der Waals surface area (Å²) in [5, 5.41) is 0. The average Bonchev–Trinajstić information content (AvgIpc) is 2.54. The van der Waals surface area contributed by atoms with Crippen LogP contribution in [-0.4, -0.2) is 42.3 Å². The summed E-state index contributed by atoms with van der Waals surface area (Å²) in [7, 11) is 0. The maximum absolute atomic E-state index is 12.6. The van der Waals surface area contributed by atoms with Crippen molar-refractivity contribution in [3.8, 4) is 5.75 Å². The number of nitrogens with two attached hydrogens (primary N) is 1. The van der Waals surface area contributed by atoms with Crippen LogP contribution in [0.25, 0.3) is 0 Å². The monoisotopic (exact) mass is 358 g/mol. The summed E-state index contributed by atoms with van der Waals surface area (Å²) < 4.78 is 5.81. The van der Waals surface area contributed by atoms with Gasteiger partial charge in [-0.25, -0.2) is 0 Å². The lowest BCUT2D eigenvalue weighted by atomic mass is 9.92. The number of hydrogen-bond acceptors (Lipinski definition) is 4. The van der Waals surface area contributed by atoms with Gasteiger partial charge in [-0.05, 0) is 56.2 Å². The van der Waals surface area contributed by atoms with Crippen molar-refractivity contribution >= 4 is 30.1 Å². The minimum atomic E-state index is -0.484. The van der Waals surface area contributed by atoms with Gasteiger partial charge in [0.15, 0.2) is 6.10 Å². The van der Waals surface area contributed by atoms with Crippen molar-refractivity contribution in [2.45, 2.75) is 43.7 Å². The minimum Gasteiger partial charge on any atom is -0.481 e. The second kappa shape index (κ2) is 9.40. The Morgan fingerprint density at radius 3 is 2.65 bits per heavy atom. The summed E-state index contributed by atoms with van der Waals surface area (Å²) >= 11 is 1.68. The van der Waals surface area contributed by atoms with E-state index < -0.39 is 6.10 Å². The summed E-state index contributed by atoms with van der Waals surface area (Å²) in [5.74, 6) is 1.40. The van der Waals surface area contributed by atoms with Crippen LogP contribution in [0.5, 0.6) is 5.75 Å². The Hall–Kier alpha value is -0.910. The molecule has 0 bridgehead atoms. The Bertz CT molecular complexity index is 498. The summed E-state index contributed by atoms with van der Waals surface area (Å²) in [5.41, 5.74) is 5.84. The van der Waals surface area contributed by atoms with Crippen LogP contribution in [0.2, 0.25) is 0 Å². The topological polar surface area (TPSA) is 55.6 Å². The van der Waals surface area contributed by atoms with Crippen LogP contribution in [0.4, 0.5) is 0 Å². The average molecular weight is 359 g/mol. The van der Waals surface area contributed by atoms with Crippen molar-refractivity contribution in [2.24, 2.45) is 11.7 Å². The molecule has 1 aliphatic heterocycles. The molecule has 0 radical (unpaired) electrons. The number of carbonyl (C=O) groups excluding carboxylic acids is 1. The molecule has 1 aliphatic rings. The molecule has 23 heavy (non-hydrogen) atoms. The number of thioether (sulfide) groups is 1. The van der Waals surface area contributed by atoms with Gasteiger partial charge in [-0.2, -0.15) is 0 Å². The third-order valence-corrected chi connectivity index (χ3v) is 5.00. The lowest BCUT2D eigenvalue weighted by Gasteiger charge is -2.39.